The van der Waals surface area contributed by atoms with Crippen LogP contribution in [0.2, 0.25) is 0 Å². The lowest BCUT2D eigenvalue weighted by Gasteiger charge is -2.34. The number of aryl methyl sites for hydroxylation is 1. The van der Waals surface area contributed by atoms with E-state index in [1.54, 1.807) is 18.2 Å². The molecule has 1 saturated heterocycles. The van der Waals surface area contributed by atoms with Crippen molar-refractivity contribution in [3.63, 3.8) is 0 Å². The Morgan fingerprint density at radius 1 is 0.898 bits per heavy atom. The maximum Gasteiger partial charge on any atom is 0.416 e. The molecule has 6 rings (SSSR count). The lowest BCUT2D eigenvalue weighted by Crippen LogP contribution is -2.48. The Morgan fingerprint density at radius 3 is 2.33 bits per heavy atom. The molecule has 2 amide bonds. The van der Waals surface area contributed by atoms with Crippen LogP contribution >= 0.6 is 0 Å². The van der Waals surface area contributed by atoms with Crippen LogP contribution in [0.15, 0.2) is 91.1 Å². The van der Waals surface area contributed by atoms with Crippen molar-refractivity contribution in [2.75, 3.05) is 44.7 Å². The van der Waals surface area contributed by atoms with Crippen LogP contribution in [-0.2, 0) is 19.8 Å². The Hall–Kier alpha value is -5.36. The molecular formula is C37H36F3N5O4. The third-order valence-corrected chi connectivity index (χ3v) is 8.61. The number of aromatic nitrogens is 2. The fourth-order valence-corrected chi connectivity index (χ4v) is 5.87. The van der Waals surface area contributed by atoms with Gasteiger partial charge in [0.2, 0.25) is 5.88 Å². The summed E-state index contributed by atoms with van der Waals surface area (Å²) in [6.07, 6.45) is -3.03. The van der Waals surface area contributed by atoms with E-state index in [0.29, 0.717) is 36.8 Å². The number of carbonyl (C=O) groups excluding carboxylic acids is 2. The molecule has 0 bridgehead atoms. The summed E-state index contributed by atoms with van der Waals surface area (Å²) in [5.74, 6) is 1.17. The lowest BCUT2D eigenvalue weighted by molar-refractivity contribution is -0.137. The van der Waals surface area contributed by atoms with Gasteiger partial charge in [-0.15, -0.1) is 0 Å². The lowest BCUT2D eigenvalue weighted by atomic mass is 10.1. The molecule has 49 heavy (non-hydrogen) atoms. The highest BCUT2D eigenvalue weighted by Gasteiger charge is 2.30. The summed E-state index contributed by atoms with van der Waals surface area (Å²) in [5.41, 5.74) is 2.33. The minimum atomic E-state index is -4.48. The van der Waals surface area contributed by atoms with Gasteiger partial charge in [-0.2, -0.15) is 13.2 Å². The topological polar surface area (TPSA) is 80.1 Å². The maximum absolute atomic E-state index is 13.6. The number of hydrogen-bond acceptors (Lipinski definition) is 6. The number of ether oxygens (including phenoxy) is 2. The molecule has 9 nitrogen and oxygen atoms in total. The minimum Gasteiger partial charge on any atom is -0.494 e. The van der Waals surface area contributed by atoms with Crippen LogP contribution in [0.4, 0.5) is 18.9 Å². The molecule has 0 atom stereocenters. The molecule has 3 aromatic carbocycles. The molecule has 5 aromatic rings. The second-order valence-electron chi connectivity index (χ2n) is 11.9. The highest BCUT2D eigenvalue weighted by atomic mass is 19.4. The highest BCUT2D eigenvalue weighted by molar-refractivity contribution is 6.05. The average Bonchev–Trinajstić information content (AvgIpc) is 3.43. The largest absolute Gasteiger partial charge is 0.494 e. The van der Waals surface area contributed by atoms with Crippen molar-refractivity contribution in [2.45, 2.75) is 19.6 Å². The molecule has 3 heterocycles. The number of rotatable bonds is 9. The molecule has 12 heteroatoms. The number of nitrogens with zero attached hydrogens (tertiary/aromatic N) is 5. The number of carbonyl (C=O) groups is 2. The third-order valence-electron chi connectivity index (χ3n) is 8.61. The van der Waals surface area contributed by atoms with Crippen molar-refractivity contribution in [1.29, 1.82) is 0 Å². The van der Waals surface area contributed by atoms with Crippen molar-refractivity contribution < 1.29 is 32.2 Å². The third kappa shape index (κ3) is 7.54. The summed E-state index contributed by atoms with van der Waals surface area (Å²) in [7, 11) is 3.38. The van der Waals surface area contributed by atoms with E-state index in [0.717, 1.165) is 60.6 Å². The molecule has 0 N–H and O–H groups in total. The fourth-order valence-electron chi connectivity index (χ4n) is 5.87. The van der Waals surface area contributed by atoms with E-state index in [-0.39, 0.29) is 17.4 Å². The van der Waals surface area contributed by atoms with E-state index < -0.39 is 17.6 Å². The summed E-state index contributed by atoms with van der Waals surface area (Å²) in [6, 6.07) is 22.8. The predicted octanol–water partition coefficient (Wildman–Crippen LogP) is 7.02. The van der Waals surface area contributed by atoms with Gasteiger partial charge < -0.3 is 23.8 Å². The summed E-state index contributed by atoms with van der Waals surface area (Å²) < 4.78 is 52.2. The van der Waals surface area contributed by atoms with E-state index in [2.05, 4.69) is 22.0 Å². The molecule has 1 aliphatic rings. The van der Waals surface area contributed by atoms with Gasteiger partial charge in [-0.1, -0.05) is 12.1 Å². The number of benzene rings is 3. The molecule has 1 fully saturated rings. The standard InChI is InChI=1S/C37H36F3N5O4/c1-4-48-30-7-5-6-25(20-30)24-44-16-18-45(19-17-44)36(47)33-21-27-10-14-31(22-32(27)43(33)3)49-34-15-13-29(23-41-34)42(2)35(46)26-8-11-28(12-9-26)37(38,39)40/h5-15,20-23H,4,16-19,24H2,1-3H3. The van der Waals surface area contributed by atoms with E-state index in [1.165, 1.54) is 23.7 Å². The van der Waals surface area contributed by atoms with Gasteiger partial charge in [0.25, 0.3) is 11.8 Å². The zero-order valence-electron chi connectivity index (χ0n) is 27.4. The normalized spacial score (nSPS) is 13.8. The number of piperazine rings is 1. The molecule has 0 unspecified atom stereocenters. The van der Waals surface area contributed by atoms with Crippen LogP contribution in [0.3, 0.4) is 0 Å². The van der Waals surface area contributed by atoms with Gasteiger partial charge >= 0.3 is 6.18 Å². The average molecular weight is 672 g/mol. The van der Waals surface area contributed by atoms with E-state index >= 15 is 0 Å². The van der Waals surface area contributed by atoms with Gasteiger partial charge in [-0.3, -0.25) is 14.5 Å². The summed E-state index contributed by atoms with van der Waals surface area (Å²) in [6.45, 7) is 6.21. The number of hydrogen-bond donors (Lipinski definition) is 0. The first-order valence-corrected chi connectivity index (χ1v) is 15.9. The SMILES string of the molecule is CCOc1cccc(CN2CCN(C(=O)c3cc4ccc(Oc5ccc(N(C)C(=O)c6ccc(C(F)(F)F)cc6)cn5)cc4n3C)CC2)c1. The van der Waals surface area contributed by atoms with E-state index in [4.69, 9.17) is 9.47 Å². The van der Waals surface area contributed by atoms with Crippen LogP contribution in [0.5, 0.6) is 17.4 Å². The van der Waals surface area contributed by atoms with Crippen LogP contribution in [0, 0.1) is 0 Å². The molecule has 2 aromatic heterocycles. The molecule has 0 saturated carbocycles. The Bertz CT molecular complexity index is 1950. The van der Waals surface area contributed by atoms with Gasteiger partial charge in [-0.05, 0) is 73.2 Å². The molecule has 0 aliphatic carbocycles. The van der Waals surface area contributed by atoms with E-state index in [1.807, 2.05) is 53.8 Å². The fraction of sp³-hybridized carbons (Fsp3) is 0.270. The molecule has 254 valence electrons. The van der Waals surface area contributed by atoms with Crippen molar-refractivity contribution in [1.82, 2.24) is 19.4 Å². The number of alkyl halides is 3. The zero-order chi connectivity index (χ0) is 34.7. The number of fused-ring (bicyclic) bond motifs is 1. The Balaban J connectivity index is 1.07. The smallest absolute Gasteiger partial charge is 0.416 e. The number of halogens is 3. The Morgan fingerprint density at radius 2 is 1.65 bits per heavy atom. The molecule has 0 spiro atoms. The number of amides is 2. The van der Waals surface area contributed by atoms with Crippen molar-refractivity contribution >= 4 is 28.4 Å². The molecule has 1 aliphatic heterocycles. The molecular weight excluding hydrogens is 635 g/mol. The quantitative estimate of drug-likeness (QED) is 0.168. The van der Waals surface area contributed by atoms with Gasteiger partial charge in [-0.25, -0.2) is 4.98 Å². The van der Waals surface area contributed by atoms with Crippen LogP contribution in [-0.4, -0.2) is 71.0 Å². The highest BCUT2D eigenvalue weighted by Crippen LogP contribution is 2.31. The first kappa shape index (κ1) is 33.5. The van der Waals surface area contributed by atoms with Gasteiger partial charge in [0, 0.05) is 69.9 Å². The summed E-state index contributed by atoms with van der Waals surface area (Å²) in [4.78, 5) is 36.3. The van der Waals surface area contributed by atoms with Crippen molar-refractivity contribution in [2.24, 2.45) is 7.05 Å². The number of pyridine rings is 1. The van der Waals surface area contributed by atoms with E-state index in [9.17, 15) is 22.8 Å². The van der Waals surface area contributed by atoms with Crippen LogP contribution < -0.4 is 14.4 Å². The predicted molar refractivity (Wildman–Crippen MR) is 180 cm³/mol. The van der Waals surface area contributed by atoms with Gasteiger partial charge in [0.15, 0.2) is 0 Å². The minimum absolute atomic E-state index is 0.0219. The van der Waals surface area contributed by atoms with Crippen LogP contribution in [0.1, 0.15) is 38.9 Å². The summed E-state index contributed by atoms with van der Waals surface area (Å²) >= 11 is 0. The Kier molecular flexibility index (Phi) is 9.59. The maximum atomic E-state index is 13.6. The first-order chi connectivity index (χ1) is 23.5. The Labute approximate surface area is 282 Å². The van der Waals surface area contributed by atoms with Gasteiger partial charge in [0.1, 0.15) is 17.2 Å². The van der Waals surface area contributed by atoms with Gasteiger partial charge in [0.05, 0.1) is 29.6 Å². The van der Waals surface area contributed by atoms with Crippen LogP contribution in [0.25, 0.3) is 10.9 Å². The monoisotopic (exact) mass is 671 g/mol. The zero-order valence-corrected chi connectivity index (χ0v) is 27.4. The second kappa shape index (κ2) is 14.0. The number of anilines is 1. The first-order valence-electron chi connectivity index (χ1n) is 15.9. The van der Waals surface area contributed by atoms with Crippen molar-refractivity contribution in [3.05, 3.63) is 114 Å². The molecule has 0 radical (unpaired) electrons. The van der Waals surface area contributed by atoms with Crippen molar-refractivity contribution in [3.8, 4) is 17.4 Å². The summed E-state index contributed by atoms with van der Waals surface area (Å²) in [5, 5.41) is 0.901. The second-order valence-corrected chi connectivity index (χ2v) is 11.9.